The highest BCUT2D eigenvalue weighted by Gasteiger charge is 2.21. The van der Waals surface area contributed by atoms with Crippen molar-refractivity contribution in [3.05, 3.63) is 29.3 Å². The summed E-state index contributed by atoms with van der Waals surface area (Å²) in [4.78, 5) is 11.2. The molecule has 16 heavy (non-hydrogen) atoms. The molecule has 0 radical (unpaired) electrons. The van der Waals surface area contributed by atoms with Crippen molar-refractivity contribution >= 4 is 23.4 Å². The molecule has 1 heterocycles. The highest BCUT2D eigenvalue weighted by atomic mass is 32.2. The molecule has 0 spiro atoms. The van der Waals surface area contributed by atoms with Gasteiger partial charge in [0.25, 0.3) is 0 Å². The summed E-state index contributed by atoms with van der Waals surface area (Å²) >= 11 is 1.94. The zero-order valence-corrected chi connectivity index (χ0v) is 9.80. The molecule has 0 aliphatic carbocycles. The van der Waals surface area contributed by atoms with E-state index in [0.717, 1.165) is 29.9 Å². The molecular formula is C12H15NO2S. The zero-order chi connectivity index (χ0) is 11.5. The van der Waals surface area contributed by atoms with Gasteiger partial charge in [0.2, 0.25) is 0 Å². The number of carboxylic acid groups (broad SMARTS) is 1. The molecule has 3 nitrogen and oxygen atoms in total. The van der Waals surface area contributed by atoms with Crippen molar-refractivity contribution in [1.29, 1.82) is 0 Å². The average molecular weight is 237 g/mol. The van der Waals surface area contributed by atoms with Crippen molar-refractivity contribution in [2.45, 2.75) is 18.8 Å². The minimum atomic E-state index is -0.875. The van der Waals surface area contributed by atoms with Crippen LogP contribution in [0.1, 0.15) is 34.7 Å². The summed E-state index contributed by atoms with van der Waals surface area (Å²) < 4.78 is 0. The van der Waals surface area contributed by atoms with E-state index in [1.807, 2.05) is 17.8 Å². The molecule has 1 aliphatic rings. The molecule has 86 valence electrons. The molecule has 0 amide bonds. The number of hydrogen-bond acceptors (Lipinski definition) is 3. The summed E-state index contributed by atoms with van der Waals surface area (Å²) in [7, 11) is 0. The molecule has 1 aromatic carbocycles. The van der Waals surface area contributed by atoms with E-state index in [1.165, 1.54) is 0 Å². The first kappa shape index (κ1) is 11.3. The Morgan fingerprint density at radius 1 is 1.38 bits per heavy atom. The molecule has 0 unspecified atom stereocenters. The van der Waals surface area contributed by atoms with Crippen LogP contribution in [-0.2, 0) is 0 Å². The zero-order valence-electron chi connectivity index (χ0n) is 8.98. The molecule has 2 rings (SSSR count). The van der Waals surface area contributed by atoms with E-state index in [-0.39, 0.29) is 0 Å². The van der Waals surface area contributed by atoms with Crippen molar-refractivity contribution in [3.63, 3.8) is 0 Å². The Hall–Kier alpha value is -1.16. The monoisotopic (exact) mass is 237 g/mol. The normalized spacial score (nSPS) is 17.2. The van der Waals surface area contributed by atoms with Gasteiger partial charge in [-0.25, -0.2) is 4.79 Å². The van der Waals surface area contributed by atoms with Crippen LogP contribution in [0, 0.1) is 0 Å². The van der Waals surface area contributed by atoms with Gasteiger partial charge in [-0.1, -0.05) is 6.07 Å². The number of benzene rings is 1. The molecule has 1 aliphatic heterocycles. The molecule has 0 atom stereocenters. The predicted molar refractivity (Wildman–Crippen MR) is 67.1 cm³/mol. The molecular weight excluding hydrogens is 222 g/mol. The lowest BCUT2D eigenvalue weighted by Crippen LogP contribution is -2.13. The first-order chi connectivity index (χ1) is 7.68. The van der Waals surface area contributed by atoms with Crippen LogP contribution in [0.25, 0.3) is 0 Å². The van der Waals surface area contributed by atoms with E-state index >= 15 is 0 Å². The van der Waals surface area contributed by atoms with Crippen LogP contribution in [-0.4, -0.2) is 22.6 Å². The summed E-state index contributed by atoms with van der Waals surface area (Å²) in [6.07, 6.45) is 2.13. The lowest BCUT2D eigenvalue weighted by atomic mass is 9.89. The topological polar surface area (TPSA) is 63.3 Å². The Balaban J connectivity index is 2.34. The highest BCUT2D eigenvalue weighted by molar-refractivity contribution is 7.99. The Morgan fingerprint density at radius 2 is 2.06 bits per heavy atom. The third kappa shape index (κ3) is 2.32. The summed E-state index contributed by atoms with van der Waals surface area (Å²) in [5.41, 5.74) is 7.47. The van der Waals surface area contributed by atoms with E-state index in [1.54, 1.807) is 12.1 Å². The van der Waals surface area contributed by atoms with Gasteiger partial charge in [0.05, 0.1) is 5.56 Å². The van der Waals surface area contributed by atoms with Crippen LogP contribution in [0.15, 0.2) is 18.2 Å². The fourth-order valence-corrected chi connectivity index (χ4v) is 3.23. The Labute approximate surface area is 99.0 Å². The smallest absolute Gasteiger partial charge is 0.336 e. The van der Waals surface area contributed by atoms with Crippen LogP contribution in [0.2, 0.25) is 0 Å². The first-order valence-electron chi connectivity index (χ1n) is 5.39. The molecule has 1 aromatic rings. The minimum Gasteiger partial charge on any atom is -0.478 e. The summed E-state index contributed by atoms with van der Waals surface area (Å²) in [6, 6.07) is 5.24. The van der Waals surface area contributed by atoms with E-state index in [9.17, 15) is 4.79 Å². The lowest BCUT2D eigenvalue weighted by Gasteiger charge is -2.23. The SMILES string of the molecule is Nc1ccc(C2CCSCC2)c(C(=O)O)c1. The third-order valence-electron chi connectivity index (χ3n) is 2.97. The van der Waals surface area contributed by atoms with Gasteiger partial charge >= 0.3 is 5.97 Å². The fraction of sp³-hybridized carbons (Fsp3) is 0.417. The molecule has 4 heteroatoms. The molecule has 0 bridgehead atoms. The van der Waals surface area contributed by atoms with Crippen LogP contribution in [0.3, 0.4) is 0 Å². The van der Waals surface area contributed by atoms with E-state index in [0.29, 0.717) is 17.2 Å². The van der Waals surface area contributed by atoms with E-state index in [4.69, 9.17) is 10.8 Å². The Bertz CT molecular complexity index is 400. The first-order valence-corrected chi connectivity index (χ1v) is 6.54. The number of carboxylic acids is 1. The van der Waals surface area contributed by atoms with Crippen LogP contribution in [0.4, 0.5) is 5.69 Å². The third-order valence-corrected chi connectivity index (χ3v) is 4.02. The molecule has 1 fully saturated rings. The number of nitrogen functional groups attached to an aromatic ring is 1. The number of aromatic carboxylic acids is 1. The Morgan fingerprint density at radius 3 is 2.69 bits per heavy atom. The van der Waals surface area contributed by atoms with Gasteiger partial charge in [0, 0.05) is 5.69 Å². The van der Waals surface area contributed by atoms with Gasteiger partial charge in [-0.2, -0.15) is 11.8 Å². The maximum absolute atomic E-state index is 11.2. The van der Waals surface area contributed by atoms with Gasteiger partial charge < -0.3 is 10.8 Å². The van der Waals surface area contributed by atoms with Gasteiger partial charge in [-0.3, -0.25) is 0 Å². The van der Waals surface area contributed by atoms with Crippen LogP contribution < -0.4 is 5.73 Å². The summed E-state index contributed by atoms with van der Waals surface area (Å²) in [5.74, 6) is 1.75. The second-order valence-corrected chi connectivity index (χ2v) is 5.26. The van der Waals surface area contributed by atoms with Crippen molar-refractivity contribution in [3.8, 4) is 0 Å². The summed E-state index contributed by atoms with van der Waals surface area (Å²) in [6.45, 7) is 0. The number of anilines is 1. The standard InChI is InChI=1S/C12H15NO2S/c13-9-1-2-10(11(7-9)12(14)15)8-3-5-16-6-4-8/h1-2,7-8H,3-6,13H2,(H,14,15). The van der Waals surface area contributed by atoms with Crippen LogP contribution >= 0.6 is 11.8 Å². The Kier molecular flexibility index (Phi) is 3.39. The maximum Gasteiger partial charge on any atom is 0.336 e. The second-order valence-electron chi connectivity index (χ2n) is 4.04. The number of carbonyl (C=O) groups is 1. The second kappa shape index (κ2) is 4.78. The molecule has 0 saturated carbocycles. The molecule has 1 saturated heterocycles. The van der Waals surface area contributed by atoms with Gasteiger partial charge in [0.1, 0.15) is 0 Å². The van der Waals surface area contributed by atoms with E-state index < -0.39 is 5.97 Å². The largest absolute Gasteiger partial charge is 0.478 e. The highest BCUT2D eigenvalue weighted by Crippen LogP contribution is 2.34. The molecule has 3 N–H and O–H groups in total. The molecule has 0 aromatic heterocycles. The van der Waals surface area contributed by atoms with Crippen molar-refractivity contribution in [2.75, 3.05) is 17.2 Å². The quantitative estimate of drug-likeness (QED) is 0.776. The number of nitrogens with two attached hydrogens (primary N) is 1. The van der Waals surface area contributed by atoms with Crippen molar-refractivity contribution in [1.82, 2.24) is 0 Å². The van der Waals surface area contributed by atoms with Gasteiger partial charge in [-0.05, 0) is 48.0 Å². The maximum atomic E-state index is 11.2. The lowest BCUT2D eigenvalue weighted by molar-refractivity contribution is 0.0695. The van der Waals surface area contributed by atoms with Crippen LogP contribution in [0.5, 0.6) is 0 Å². The number of thioether (sulfide) groups is 1. The van der Waals surface area contributed by atoms with E-state index in [2.05, 4.69) is 0 Å². The van der Waals surface area contributed by atoms with Gasteiger partial charge in [0.15, 0.2) is 0 Å². The predicted octanol–water partition coefficient (Wildman–Crippen LogP) is 2.58. The fourth-order valence-electron chi connectivity index (χ4n) is 2.12. The van der Waals surface area contributed by atoms with Crippen molar-refractivity contribution in [2.24, 2.45) is 0 Å². The average Bonchev–Trinajstić information content (AvgIpc) is 2.30. The van der Waals surface area contributed by atoms with Crippen molar-refractivity contribution < 1.29 is 9.90 Å². The summed E-state index contributed by atoms with van der Waals surface area (Å²) in [5, 5.41) is 9.16. The number of rotatable bonds is 2. The minimum absolute atomic E-state index is 0.372. The van der Waals surface area contributed by atoms with Gasteiger partial charge in [-0.15, -0.1) is 0 Å². The number of hydrogen-bond donors (Lipinski definition) is 2.